The number of ether oxygens (including phenoxy) is 1. The minimum atomic E-state index is -0.727. The fourth-order valence-corrected chi connectivity index (χ4v) is 2.30. The third-order valence-electron chi connectivity index (χ3n) is 3.73. The molecule has 10 nitrogen and oxygen atoms in total. The number of imide groups is 1. The Bertz CT molecular complexity index is 848. The third-order valence-corrected chi connectivity index (χ3v) is 3.73. The Kier molecular flexibility index (Phi) is 7.94. The number of aromatic amines is 1. The molecule has 0 saturated carbocycles. The summed E-state index contributed by atoms with van der Waals surface area (Å²) in [5.41, 5.74) is 0.967. The molecule has 0 bridgehead atoms. The van der Waals surface area contributed by atoms with Crippen LogP contribution in [0.3, 0.4) is 0 Å². The normalized spacial score (nSPS) is 10.3. The highest BCUT2D eigenvalue weighted by Crippen LogP contribution is 2.14. The Hall–Kier alpha value is -3.43. The van der Waals surface area contributed by atoms with E-state index >= 15 is 0 Å². The molecule has 0 radical (unpaired) electrons. The van der Waals surface area contributed by atoms with Gasteiger partial charge in [-0.3, -0.25) is 24.8 Å². The summed E-state index contributed by atoms with van der Waals surface area (Å²) >= 11 is 0. The monoisotopic (exact) mass is 389 g/mol. The second-order valence-corrected chi connectivity index (χ2v) is 5.94. The van der Waals surface area contributed by atoms with Gasteiger partial charge >= 0.3 is 12.0 Å². The fraction of sp³-hybridized carbons (Fsp3) is 0.389. The minimum absolute atomic E-state index is 0.0258. The summed E-state index contributed by atoms with van der Waals surface area (Å²) in [6.07, 6.45) is 1.60. The van der Waals surface area contributed by atoms with Gasteiger partial charge in [-0.1, -0.05) is 31.5 Å². The van der Waals surface area contributed by atoms with E-state index in [-0.39, 0.29) is 18.7 Å². The predicted octanol–water partition coefficient (Wildman–Crippen LogP) is 0.852. The number of para-hydroxylation sites is 1. The van der Waals surface area contributed by atoms with Crippen molar-refractivity contribution in [2.75, 3.05) is 19.7 Å². The summed E-state index contributed by atoms with van der Waals surface area (Å²) in [6, 6.07) is 6.54. The van der Waals surface area contributed by atoms with Crippen LogP contribution >= 0.6 is 0 Å². The first-order chi connectivity index (χ1) is 13.5. The van der Waals surface area contributed by atoms with Crippen molar-refractivity contribution < 1.29 is 23.9 Å². The zero-order chi connectivity index (χ0) is 20.4. The lowest BCUT2D eigenvalue weighted by atomic mass is 10.2. The molecule has 0 aliphatic carbocycles. The molecule has 150 valence electrons. The van der Waals surface area contributed by atoms with E-state index < -0.39 is 30.4 Å². The number of carbonyl (C=O) groups excluding carboxylic acids is 4. The van der Waals surface area contributed by atoms with Gasteiger partial charge in [0.05, 0.1) is 11.9 Å². The predicted molar refractivity (Wildman–Crippen MR) is 100 cm³/mol. The van der Waals surface area contributed by atoms with Gasteiger partial charge < -0.3 is 15.4 Å². The van der Waals surface area contributed by atoms with Crippen LogP contribution in [-0.4, -0.2) is 53.7 Å². The van der Waals surface area contributed by atoms with Crippen LogP contribution in [0.4, 0.5) is 4.79 Å². The van der Waals surface area contributed by atoms with E-state index in [1.54, 1.807) is 18.2 Å². The second-order valence-electron chi connectivity index (χ2n) is 5.94. The van der Waals surface area contributed by atoms with E-state index in [0.717, 1.165) is 18.4 Å². The van der Waals surface area contributed by atoms with Gasteiger partial charge in [0.2, 0.25) is 0 Å². The Balaban J connectivity index is 1.65. The van der Waals surface area contributed by atoms with Gasteiger partial charge in [-0.15, -0.1) is 0 Å². The molecule has 2 rings (SSSR count). The molecule has 0 unspecified atom stereocenters. The topological polar surface area (TPSA) is 142 Å². The van der Waals surface area contributed by atoms with E-state index in [9.17, 15) is 19.2 Å². The first kappa shape index (κ1) is 20.9. The first-order valence-electron chi connectivity index (χ1n) is 8.96. The Morgan fingerprint density at radius 2 is 1.89 bits per heavy atom. The standard InChI is InChI=1S/C18H23N5O5/c1-2-3-9-20-18(27)21-14(24)11-28-15(25)8-10-19-17(26)16-12-6-4-5-7-13(12)22-23-16/h4-7H,2-3,8-11H2,1H3,(H,19,26)(H,22,23)(H2,20,21,24,27). The number of hydrogen-bond donors (Lipinski definition) is 4. The van der Waals surface area contributed by atoms with E-state index in [0.29, 0.717) is 11.9 Å². The molecule has 0 fully saturated rings. The number of urea groups is 1. The molecular weight excluding hydrogens is 366 g/mol. The molecule has 10 heteroatoms. The lowest BCUT2D eigenvalue weighted by molar-refractivity contribution is -0.148. The molecule has 1 aromatic heterocycles. The van der Waals surface area contributed by atoms with E-state index in [1.165, 1.54) is 0 Å². The molecule has 0 aliphatic rings. The molecule has 0 saturated heterocycles. The molecule has 1 heterocycles. The van der Waals surface area contributed by atoms with Crippen LogP contribution in [0, 0.1) is 0 Å². The molecule has 4 amide bonds. The summed E-state index contributed by atoms with van der Waals surface area (Å²) < 4.78 is 4.77. The summed E-state index contributed by atoms with van der Waals surface area (Å²) in [6.45, 7) is 1.89. The maximum absolute atomic E-state index is 12.1. The summed E-state index contributed by atoms with van der Waals surface area (Å²) in [4.78, 5) is 46.7. The molecule has 4 N–H and O–H groups in total. The average Bonchev–Trinajstić information content (AvgIpc) is 3.11. The number of carbonyl (C=O) groups is 4. The number of nitrogens with zero attached hydrogens (tertiary/aromatic N) is 1. The first-order valence-corrected chi connectivity index (χ1v) is 8.96. The average molecular weight is 389 g/mol. The van der Waals surface area contributed by atoms with Crippen molar-refractivity contribution in [1.82, 2.24) is 26.1 Å². The van der Waals surface area contributed by atoms with Crippen LogP contribution in [0.1, 0.15) is 36.7 Å². The van der Waals surface area contributed by atoms with Gasteiger partial charge in [0.15, 0.2) is 12.3 Å². The Labute approximate surface area is 161 Å². The number of esters is 1. The highest BCUT2D eigenvalue weighted by Gasteiger charge is 2.15. The quantitative estimate of drug-likeness (QED) is 0.370. The Morgan fingerprint density at radius 1 is 1.11 bits per heavy atom. The number of nitrogens with one attached hydrogen (secondary N) is 4. The maximum atomic E-state index is 12.1. The number of aromatic nitrogens is 2. The second kappa shape index (κ2) is 10.7. The Morgan fingerprint density at radius 3 is 2.68 bits per heavy atom. The number of hydrogen-bond acceptors (Lipinski definition) is 6. The molecule has 1 aromatic carbocycles. The van der Waals surface area contributed by atoms with Crippen LogP contribution in [0.25, 0.3) is 10.9 Å². The number of fused-ring (bicyclic) bond motifs is 1. The van der Waals surface area contributed by atoms with Gasteiger partial charge in [-0.2, -0.15) is 5.10 Å². The van der Waals surface area contributed by atoms with Gasteiger partial charge in [0.1, 0.15) is 0 Å². The lowest BCUT2D eigenvalue weighted by Gasteiger charge is -2.07. The summed E-state index contributed by atoms with van der Waals surface area (Å²) in [7, 11) is 0. The number of rotatable bonds is 9. The van der Waals surface area contributed by atoms with Crippen LogP contribution in [0.2, 0.25) is 0 Å². The highest BCUT2D eigenvalue weighted by molar-refractivity contribution is 6.04. The van der Waals surface area contributed by atoms with Gasteiger partial charge in [0.25, 0.3) is 11.8 Å². The van der Waals surface area contributed by atoms with Gasteiger partial charge in [-0.05, 0) is 12.5 Å². The van der Waals surface area contributed by atoms with Crippen LogP contribution in [0.5, 0.6) is 0 Å². The molecule has 0 spiro atoms. The third kappa shape index (κ3) is 6.38. The molecule has 28 heavy (non-hydrogen) atoms. The molecule has 2 aromatic rings. The fourth-order valence-electron chi connectivity index (χ4n) is 2.30. The number of benzene rings is 1. The largest absolute Gasteiger partial charge is 0.456 e. The van der Waals surface area contributed by atoms with Crippen LogP contribution in [0.15, 0.2) is 24.3 Å². The summed E-state index contributed by atoms with van der Waals surface area (Å²) in [5, 5.41) is 14.5. The van der Waals surface area contributed by atoms with Crippen molar-refractivity contribution in [2.45, 2.75) is 26.2 Å². The van der Waals surface area contributed by atoms with E-state index in [4.69, 9.17) is 4.74 Å². The zero-order valence-electron chi connectivity index (χ0n) is 15.5. The van der Waals surface area contributed by atoms with Crippen molar-refractivity contribution in [3.8, 4) is 0 Å². The molecular formula is C18H23N5O5. The van der Waals surface area contributed by atoms with Crippen molar-refractivity contribution in [1.29, 1.82) is 0 Å². The van der Waals surface area contributed by atoms with Crippen molar-refractivity contribution in [3.63, 3.8) is 0 Å². The van der Waals surface area contributed by atoms with Crippen molar-refractivity contribution >= 4 is 34.7 Å². The smallest absolute Gasteiger partial charge is 0.321 e. The number of H-pyrrole nitrogens is 1. The lowest BCUT2D eigenvalue weighted by Crippen LogP contribution is -2.41. The van der Waals surface area contributed by atoms with Crippen molar-refractivity contribution in [2.24, 2.45) is 0 Å². The maximum Gasteiger partial charge on any atom is 0.321 e. The molecule has 0 atom stereocenters. The minimum Gasteiger partial charge on any atom is -0.456 e. The van der Waals surface area contributed by atoms with E-state index in [1.807, 2.05) is 13.0 Å². The van der Waals surface area contributed by atoms with Gasteiger partial charge in [-0.25, -0.2) is 4.79 Å². The SMILES string of the molecule is CCCCNC(=O)NC(=O)COC(=O)CCNC(=O)c1n[nH]c2ccccc12. The molecule has 0 aliphatic heterocycles. The highest BCUT2D eigenvalue weighted by atomic mass is 16.5. The zero-order valence-corrected chi connectivity index (χ0v) is 15.5. The van der Waals surface area contributed by atoms with E-state index in [2.05, 4.69) is 26.1 Å². The van der Waals surface area contributed by atoms with Crippen LogP contribution in [-0.2, 0) is 14.3 Å². The van der Waals surface area contributed by atoms with Crippen molar-refractivity contribution in [3.05, 3.63) is 30.0 Å². The number of amides is 4. The summed E-state index contributed by atoms with van der Waals surface area (Å²) in [5.74, 6) is -1.82. The number of unbranched alkanes of at least 4 members (excludes halogenated alkanes) is 1. The van der Waals surface area contributed by atoms with Crippen LogP contribution < -0.4 is 16.0 Å². The van der Waals surface area contributed by atoms with Gasteiger partial charge in [0, 0.05) is 18.5 Å².